The lowest BCUT2D eigenvalue weighted by Crippen LogP contribution is -2.44. The lowest BCUT2D eigenvalue weighted by atomic mass is 10.0. The molecule has 7 heteroatoms. The second-order valence-corrected chi connectivity index (χ2v) is 8.29. The first-order valence-corrected chi connectivity index (χ1v) is 11.1. The number of anilines is 2. The van der Waals surface area contributed by atoms with E-state index in [9.17, 15) is 9.59 Å². The van der Waals surface area contributed by atoms with E-state index in [2.05, 4.69) is 67.9 Å². The van der Waals surface area contributed by atoms with Gasteiger partial charge in [-0.15, -0.1) is 0 Å². The second kappa shape index (κ2) is 10.2. The van der Waals surface area contributed by atoms with Gasteiger partial charge in [0.1, 0.15) is 0 Å². The van der Waals surface area contributed by atoms with Crippen molar-refractivity contribution in [3.63, 3.8) is 0 Å². The normalized spacial score (nSPS) is 13.2. The van der Waals surface area contributed by atoms with Gasteiger partial charge in [-0.2, -0.15) is 0 Å². The Morgan fingerprint density at radius 2 is 1.70 bits per heavy atom. The summed E-state index contributed by atoms with van der Waals surface area (Å²) in [5.41, 5.74) is 5.37. The number of amides is 2. The molecule has 2 aromatic carbocycles. The smallest absolute Gasteiger partial charge is 0.309 e. The maximum Gasteiger partial charge on any atom is 0.309 e. The molecule has 1 unspecified atom stereocenters. The third kappa shape index (κ3) is 5.31. The quantitative estimate of drug-likeness (QED) is 0.549. The van der Waals surface area contributed by atoms with Gasteiger partial charge in [-0.1, -0.05) is 36.4 Å². The molecule has 2 N–H and O–H groups in total. The van der Waals surface area contributed by atoms with Crippen molar-refractivity contribution < 1.29 is 9.59 Å². The summed E-state index contributed by atoms with van der Waals surface area (Å²) in [7, 11) is 4.01. The van der Waals surface area contributed by atoms with Crippen molar-refractivity contribution in [3.8, 4) is 0 Å². The summed E-state index contributed by atoms with van der Waals surface area (Å²) in [6.45, 7) is 1.40. The highest BCUT2D eigenvalue weighted by atomic mass is 16.2. The Morgan fingerprint density at radius 1 is 0.970 bits per heavy atom. The molecule has 2 heterocycles. The molecular formula is C26H29N5O2. The predicted molar refractivity (Wildman–Crippen MR) is 130 cm³/mol. The topological polar surface area (TPSA) is 77.6 Å². The highest BCUT2D eigenvalue weighted by Crippen LogP contribution is 2.35. The molecular weight excluding hydrogens is 414 g/mol. The minimum atomic E-state index is -0.663. The number of fused-ring (bicyclic) bond motifs is 1. The van der Waals surface area contributed by atoms with Gasteiger partial charge in [0.2, 0.25) is 0 Å². The molecule has 1 aliphatic rings. The Balaban J connectivity index is 1.47. The Kier molecular flexibility index (Phi) is 6.88. The molecule has 4 rings (SSSR count). The van der Waals surface area contributed by atoms with E-state index in [1.165, 1.54) is 11.3 Å². The summed E-state index contributed by atoms with van der Waals surface area (Å²) < 4.78 is 0. The van der Waals surface area contributed by atoms with Crippen molar-refractivity contribution in [3.05, 3.63) is 89.7 Å². The van der Waals surface area contributed by atoms with Gasteiger partial charge in [-0.05, 0) is 47.9 Å². The summed E-state index contributed by atoms with van der Waals surface area (Å²) in [5, 5.41) is 5.47. The first-order chi connectivity index (χ1) is 16.0. The molecule has 0 fully saturated rings. The molecule has 170 valence electrons. The molecule has 0 saturated heterocycles. The molecule has 2 amide bonds. The van der Waals surface area contributed by atoms with Crippen LogP contribution in [0, 0.1) is 0 Å². The van der Waals surface area contributed by atoms with Crippen LogP contribution in [-0.2, 0) is 22.6 Å². The number of aromatic nitrogens is 1. The third-order valence-electron chi connectivity index (χ3n) is 5.91. The standard InChI is InChI=1S/C26H29N5O2/c1-30(2)22-12-10-20(11-13-22)24(31-16-14-19-7-3-4-9-23(19)31)18-29-26(33)25(32)28-17-21-8-5-6-15-27-21/h3-13,15,24H,14,16-18H2,1-2H3,(H,28,32)(H,29,33). The lowest BCUT2D eigenvalue weighted by Gasteiger charge is -2.31. The van der Waals surface area contributed by atoms with Gasteiger partial charge in [0.15, 0.2) is 0 Å². The van der Waals surface area contributed by atoms with E-state index in [0.29, 0.717) is 12.2 Å². The molecule has 0 bridgehead atoms. The van der Waals surface area contributed by atoms with Gasteiger partial charge >= 0.3 is 11.8 Å². The first-order valence-electron chi connectivity index (χ1n) is 11.1. The molecule has 0 saturated carbocycles. The summed E-state index contributed by atoms with van der Waals surface area (Å²) >= 11 is 0. The Morgan fingerprint density at radius 3 is 2.42 bits per heavy atom. The number of hydrogen-bond acceptors (Lipinski definition) is 5. The maximum absolute atomic E-state index is 12.5. The van der Waals surface area contributed by atoms with Crippen LogP contribution >= 0.6 is 0 Å². The third-order valence-corrected chi connectivity index (χ3v) is 5.91. The van der Waals surface area contributed by atoms with Gasteiger partial charge < -0.3 is 20.4 Å². The van der Waals surface area contributed by atoms with Crippen LogP contribution in [0.3, 0.4) is 0 Å². The van der Waals surface area contributed by atoms with Crippen LogP contribution < -0.4 is 20.4 Å². The Hall–Kier alpha value is -3.87. The van der Waals surface area contributed by atoms with E-state index in [1.54, 1.807) is 18.3 Å². The molecule has 0 radical (unpaired) electrons. The van der Waals surface area contributed by atoms with E-state index in [1.807, 2.05) is 26.2 Å². The lowest BCUT2D eigenvalue weighted by molar-refractivity contribution is -0.139. The maximum atomic E-state index is 12.5. The van der Waals surface area contributed by atoms with E-state index in [-0.39, 0.29) is 12.6 Å². The van der Waals surface area contributed by atoms with Crippen LogP contribution in [0.2, 0.25) is 0 Å². The highest BCUT2D eigenvalue weighted by molar-refractivity contribution is 6.35. The minimum absolute atomic E-state index is 0.0857. The molecule has 33 heavy (non-hydrogen) atoms. The zero-order valence-corrected chi connectivity index (χ0v) is 19.0. The largest absolute Gasteiger partial charge is 0.378 e. The van der Waals surface area contributed by atoms with E-state index < -0.39 is 11.8 Å². The molecule has 0 aliphatic carbocycles. The average Bonchev–Trinajstić information content (AvgIpc) is 3.27. The van der Waals surface area contributed by atoms with Gasteiger partial charge in [0.25, 0.3) is 0 Å². The summed E-state index contributed by atoms with van der Waals surface area (Å²) in [6, 6.07) is 22.0. The van der Waals surface area contributed by atoms with Crippen LogP contribution in [0.4, 0.5) is 11.4 Å². The van der Waals surface area contributed by atoms with E-state index >= 15 is 0 Å². The van der Waals surface area contributed by atoms with Crippen molar-refractivity contribution in [2.75, 3.05) is 37.0 Å². The monoisotopic (exact) mass is 443 g/mol. The number of benzene rings is 2. The van der Waals surface area contributed by atoms with Crippen LogP contribution in [0.25, 0.3) is 0 Å². The number of nitrogens with zero attached hydrogens (tertiary/aromatic N) is 3. The molecule has 1 atom stereocenters. The van der Waals surface area contributed by atoms with E-state index in [0.717, 1.165) is 24.2 Å². The van der Waals surface area contributed by atoms with Crippen molar-refractivity contribution in [2.45, 2.75) is 19.0 Å². The van der Waals surface area contributed by atoms with Gasteiger partial charge in [0.05, 0.1) is 18.3 Å². The van der Waals surface area contributed by atoms with Gasteiger partial charge in [-0.3, -0.25) is 14.6 Å². The van der Waals surface area contributed by atoms with Crippen molar-refractivity contribution >= 4 is 23.2 Å². The fraction of sp³-hybridized carbons (Fsp3) is 0.269. The number of para-hydroxylation sites is 1. The summed E-state index contributed by atoms with van der Waals surface area (Å²) in [6.07, 6.45) is 2.61. The molecule has 7 nitrogen and oxygen atoms in total. The second-order valence-electron chi connectivity index (χ2n) is 8.29. The van der Waals surface area contributed by atoms with Gasteiger partial charge in [-0.25, -0.2) is 0 Å². The van der Waals surface area contributed by atoms with Crippen LogP contribution in [0.1, 0.15) is 22.9 Å². The minimum Gasteiger partial charge on any atom is -0.378 e. The SMILES string of the molecule is CN(C)c1ccc(C(CNC(=O)C(=O)NCc2ccccn2)N2CCc3ccccc32)cc1. The van der Waals surface area contributed by atoms with Crippen molar-refractivity contribution in [1.29, 1.82) is 0 Å². The zero-order chi connectivity index (χ0) is 23.2. The number of carbonyl (C=O) groups excluding carboxylic acids is 2. The van der Waals surface area contributed by atoms with Crippen LogP contribution in [-0.4, -0.2) is 44.0 Å². The van der Waals surface area contributed by atoms with Crippen LogP contribution in [0.5, 0.6) is 0 Å². The van der Waals surface area contributed by atoms with Crippen molar-refractivity contribution in [1.82, 2.24) is 15.6 Å². The molecule has 1 aliphatic heterocycles. The van der Waals surface area contributed by atoms with Gasteiger partial charge in [0, 0.05) is 44.8 Å². The number of hydrogen-bond donors (Lipinski definition) is 2. The zero-order valence-electron chi connectivity index (χ0n) is 19.0. The predicted octanol–water partition coefficient (Wildman–Crippen LogP) is 2.68. The number of pyridine rings is 1. The highest BCUT2D eigenvalue weighted by Gasteiger charge is 2.28. The van der Waals surface area contributed by atoms with Crippen LogP contribution in [0.15, 0.2) is 72.9 Å². The number of carbonyl (C=O) groups is 2. The molecule has 0 spiro atoms. The summed E-state index contributed by atoms with van der Waals surface area (Å²) in [4.78, 5) is 33.4. The summed E-state index contributed by atoms with van der Waals surface area (Å²) in [5.74, 6) is -1.31. The Bertz CT molecular complexity index is 1100. The molecule has 1 aromatic heterocycles. The Labute approximate surface area is 194 Å². The first kappa shape index (κ1) is 22.3. The average molecular weight is 444 g/mol. The van der Waals surface area contributed by atoms with E-state index in [4.69, 9.17) is 0 Å². The fourth-order valence-electron chi connectivity index (χ4n) is 4.11. The fourth-order valence-corrected chi connectivity index (χ4v) is 4.11. The van der Waals surface area contributed by atoms with Crippen molar-refractivity contribution in [2.24, 2.45) is 0 Å². The molecule has 3 aromatic rings. The number of rotatable bonds is 7. The number of nitrogens with one attached hydrogen (secondary N) is 2.